The van der Waals surface area contributed by atoms with E-state index in [9.17, 15) is 0 Å². The summed E-state index contributed by atoms with van der Waals surface area (Å²) in [6.07, 6.45) is 3.30. The Morgan fingerprint density at radius 3 is 2.84 bits per heavy atom. The Balaban J connectivity index is 1.65. The molecule has 1 saturated heterocycles. The third kappa shape index (κ3) is 3.59. The van der Waals surface area contributed by atoms with E-state index >= 15 is 0 Å². The lowest BCUT2D eigenvalue weighted by atomic mass is 10.0. The summed E-state index contributed by atoms with van der Waals surface area (Å²) in [5, 5.41) is 0.699. The molecule has 4 rings (SSSR count). The van der Waals surface area contributed by atoms with Crippen LogP contribution < -0.4 is 10.5 Å². The number of halogens is 2. The van der Waals surface area contributed by atoms with Gasteiger partial charge in [-0.3, -0.25) is 4.90 Å². The standard InChI is InChI=1S/C20H22BrClN2O/c21-17-11-14(22)7-8-19(17)25-20-16-6-2-1-4-13(16)10-18(20)24-9-3-5-15(23)12-24/h1-2,4,6-8,11,15,18,20H,3,5,9-10,12,23H2/t15-,18-,20-/m1/s1. The molecule has 1 aliphatic carbocycles. The molecule has 2 aromatic carbocycles. The molecule has 2 N–H and O–H groups in total. The van der Waals surface area contributed by atoms with Crippen molar-refractivity contribution >= 4 is 27.5 Å². The molecular weight excluding hydrogens is 400 g/mol. The van der Waals surface area contributed by atoms with Crippen molar-refractivity contribution in [2.45, 2.75) is 37.5 Å². The van der Waals surface area contributed by atoms with E-state index in [4.69, 9.17) is 22.1 Å². The van der Waals surface area contributed by atoms with Crippen LogP contribution in [0.1, 0.15) is 30.1 Å². The molecule has 0 unspecified atom stereocenters. The minimum atomic E-state index is 0.0129. The van der Waals surface area contributed by atoms with Gasteiger partial charge in [-0.25, -0.2) is 0 Å². The molecule has 0 saturated carbocycles. The van der Waals surface area contributed by atoms with Gasteiger partial charge in [-0.1, -0.05) is 35.9 Å². The van der Waals surface area contributed by atoms with Gasteiger partial charge in [0.05, 0.1) is 10.5 Å². The molecule has 132 valence electrons. The van der Waals surface area contributed by atoms with E-state index in [0.717, 1.165) is 42.6 Å². The number of hydrogen-bond donors (Lipinski definition) is 1. The fourth-order valence-corrected chi connectivity index (χ4v) is 4.83. The minimum Gasteiger partial charge on any atom is -0.483 e. The van der Waals surface area contributed by atoms with Gasteiger partial charge in [0.2, 0.25) is 0 Å². The average Bonchev–Trinajstić information content (AvgIpc) is 2.96. The second-order valence-corrected chi connectivity index (χ2v) is 8.27. The number of nitrogens with two attached hydrogens (primary N) is 1. The quantitative estimate of drug-likeness (QED) is 0.789. The fourth-order valence-electron chi connectivity index (χ4n) is 4.05. The van der Waals surface area contributed by atoms with Gasteiger partial charge < -0.3 is 10.5 Å². The molecule has 5 heteroatoms. The van der Waals surface area contributed by atoms with Crippen LogP contribution in [0.5, 0.6) is 5.75 Å². The first-order chi connectivity index (χ1) is 12.1. The Hall–Kier alpha value is -1.07. The first kappa shape index (κ1) is 17.3. The van der Waals surface area contributed by atoms with Gasteiger partial charge in [0.1, 0.15) is 11.9 Å². The van der Waals surface area contributed by atoms with Crippen LogP contribution in [0, 0.1) is 0 Å². The Bertz CT molecular complexity index is 769. The maximum absolute atomic E-state index is 6.50. The van der Waals surface area contributed by atoms with Crippen LogP contribution in [-0.4, -0.2) is 30.1 Å². The number of rotatable bonds is 3. The molecule has 1 aliphatic heterocycles. The molecular formula is C20H22BrClN2O. The Kier molecular flexibility index (Phi) is 5.05. The summed E-state index contributed by atoms with van der Waals surface area (Å²) in [4.78, 5) is 2.52. The number of ether oxygens (including phenoxy) is 1. The highest BCUT2D eigenvalue weighted by Crippen LogP contribution is 2.40. The average molecular weight is 422 g/mol. The van der Waals surface area contributed by atoms with Crippen molar-refractivity contribution in [1.82, 2.24) is 4.90 Å². The lowest BCUT2D eigenvalue weighted by molar-refractivity contribution is 0.0589. The van der Waals surface area contributed by atoms with Crippen LogP contribution in [0.4, 0.5) is 0 Å². The molecule has 0 aromatic heterocycles. The lowest BCUT2D eigenvalue weighted by Crippen LogP contribution is -2.49. The zero-order chi connectivity index (χ0) is 17.4. The molecule has 1 fully saturated rings. The van der Waals surface area contributed by atoms with Crippen molar-refractivity contribution in [1.29, 1.82) is 0 Å². The fraction of sp³-hybridized carbons (Fsp3) is 0.400. The van der Waals surface area contributed by atoms with E-state index in [1.807, 2.05) is 18.2 Å². The van der Waals surface area contributed by atoms with Crippen LogP contribution in [0.15, 0.2) is 46.9 Å². The maximum atomic E-state index is 6.50. The Labute approximate surface area is 162 Å². The monoisotopic (exact) mass is 420 g/mol. The SMILES string of the molecule is N[C@@H]1CCCN([C@@H]2Cc3ccccc3[C@H]2Oc2ccc(Cl)cc2Br)C1. The topological polar surface area (TPSA) is 38.5 Å². The van der Waals surface area contributed by atoms with Crippen LogP contribution in [0.2, 0.25) is 5.02 Å². The van der Waals surface area contributed by atoms with E-state index in [-0.39, 0.29) is 12.1 Å². The van der Waals surface area contributed by atoms with Crippen LogP contribution >= 0.6 is 27.5 Å². The zero-order valence-corrected chi connectivity index (χ0v) is 16.3. The number of hydrogen-bond acceptors (Lipinski definition) is 3. The summed E-state index contributed by atoms with van der Waals surface area (Å²) >= 11 is 9.65. The molecule has 25 heavy (non-hydrogen) atoms. The molecule has 0 bridgehead atoms. The Morgan fingerprint density at radius 2 is 2.04 bits per heavy atom. The van der Waals surface area contributed by atoms with Gasteiger partial charge in [-0.05, 0) is 71.1 Å². The van der Waals surface area contributed by atoms with Crippen molar-refractivity contribution in [2.75, 3.05) is 13.1 Å². The molecule has 0 amide bonds. The van der Waals surface area contributed by atoms with Gasteiger partial charge >= 0.3 is 0 Å². The number of benzene rings is 2. The predicted octanol–water partition coefficient (Wildman–Crippen LogP) is 4.57. The molecule has 1 heterocycles. The second-order valence-electron chi connectivity index (χ2n) is 6.98. The number of likely N-dealkylation sites (tertiary alicyclic amines) is 1. The third-order valence-electron chi connectivity index (χ3n) is 5.25. The van der Waals surface area contributed by atoms with Crippen LogP contribution in [0.25, 0.3) is 0 Å². The molecule has 0 spiro atoms. The highest BCUT2D eigenvalue weighted by atomic mass is 79.9. The predicted molar refractivity (Wildman–Crippen MR) is 105 cm³/mol. The minimum absolute atomic E-state index is 0.0129. The summed E-state index contributed by atoms with van der Waals surface area (Å²) < 4.78 is 7.39. The molecule has 2 aromatic rings. The van der Waals surface area contributed by atoms with Crippen molar-refractivity contribution in [3.8, 4) is 5.75 Å². The van der Waals surface area contributed by atoms with E-state index in [1.165, 1.54) is 11.1 Å². The summed E-state index contributed by atoms with van der Waals surface area (Å²) in [5.74, 6) is 0.831. The van der Waals surface area contributed by atoms with Crippen molar-refractivity contribution in [3.05, 3.63) is 63.1 Å². The number of fused-ring (bicyclic) bond motifs is 1. The Morgan fingerprint density at radius 1 is 1.20 bits per heavy atom. The molecule has 2 aliphatic rings. The third-order valence-corrected chi connectivity index (χ3v) is 6.10. The van der Waals surface area contributed by atoms with Crippen LogP contribution in [-0.2, 0) is 6.42 Å². The van der Waals surface area contributed by atoms with Crippen LogP contribution in [0.3, 0.4) is 0 Å². The molecule has 3 atom stereocenters. The van der Waals surface area contributed by atoms with E-state index in [0.29, 0.717) is 11.1 Å². The largest absolute Gasteiger partial charge is 0.483 e. The molecule has 3 nitrogen and oxygen atoms in total. The number of nitrogens with zero attached hydrogens (tertiary/aromatic N) is 1. The van der Waals surface area contributed by atoms with Gasteiger partial charge in [-0.15, -0.1) is 0 Å². The summed E-state index contributed by atoms with van der Waals surface area (Å²) in [5.41, 5.74) is 8.89. The first-order valence-electron chi connectivity index (χ1n) is 8.81. The summed E-state index contributed by atoms with van der Waals surface area (Å²) in [6.45, 7) is 2.04. The maximum Gasteiger partial charge on any atom is 0.140 e. The normalized spacial score (nSPS) is 26.4. The highest BCUT2D eigenvalue weighted by molar-refractivity contribution is 9.10. The smallest absolute Gasteiger partial charge is 0.140 e. The molecule has 0 radical (unpaired) electrons. The highest BCUT2D eigenvalue weighted by Gasteiger charge is 2.39. The van der Waals surface area contributed by atoms with Crippen molar-refractivity contribution < 1.29 is 4.74 Å². The number of piperidine rings is 1. The van der Waals surface area contributed by atoms with Crippen molar-refractivity contribution in [2.24, 2.45) is 5.73 Å². The second kappa shape index (κ2) is 7.28. The van der Waals surface area contributed by atoms with Crippen molar-refractivity contribution in [3.63, 3.8) is 0 Å². The summed E-state index contributed by atoms with van der Waals surface area (Å²) in [6, 6.07) is 14.9. The first-order valence-corrected chi connectivity index (χ1v) is 9.98. The van der Waals surface area contributed by atoms with E-state index in [2.05, 4.69) is 45.1 Å². The van der Waals surface area contributed by atoms with Gasteiger partial charge in [0.15, 0.2) is 0 Å². The van der Waals surface area contributed by atoms with Gasteiger partial charge in [0, 0.05) is 17.6 Å². The van der Waals surface area contributed by atoms with Gasteiger partial charge in [0.25, 0.3) is 0 Å². The van der Waals surface area contributed by atoms with Gasteiger partial charge in [-0.2, -0.15) is 0 Å². The lowest BCUT2D eigenvalue weighted by Gasteiger charge is -2.38. The summed E-state index contributed by atoms with van der Waals surface area (Å²) in [7, 11) is 0. The van der Waals surface area contributed by atoms with E-state index < -0.39 is 0 Å². The van der Waals surface area contributed by atoms with E-state index in [1.54, 1.807) is 0 Å². The zero-order valence-electron chi connectivity index (χ0n) is 14.0.